The van der Waals surface area contributed by atoms with E-state index in [9.17, 15) is 9.59 Å². The van der Waals surface area contributed by atoms with E-state index in [1.165, 1.54) is 0 Å². The lowest BCUT2D eigenvalue weighted by Crippen LogP contribution is -2.37. The summed E-state index contributed by atoms with van der Waals surface area (Å²) in [5.41, 5.74) is 0. The smallest absolute Gasteiger partial charge is 0.321 e. The molecule has 15 heavy (non-hydrogen) atoms. The quantitative estimate of drug-likeness (QED) is 0.632. The second-order valence-corrected chi connectivity index (χ2v) is 4.39. The molecule has 86 valence electrons. The molecule has 0 aromatic heterocycles. The number of hydrogen-bond donors (Lipinski definition) is 3. The number of carbonyl (C=O) groups is 2. The fourth-order valence-corrected chi connectivity index (χ4v) is 2.28. The van der Waals surface area contributed by atoms with Crippen molar-refractivity contribution in [3.63, 3.8) is 0 Å². The number of carboxylic acid groups (broad SMARTS) is 2. The Bertz CT molecular complexity index is 264. The molecule has 0 aliphatic carbocycles. The lowest BCUT2D eigenvalue weighted by atomic mass is 9.81. The van der Waals surface area contributed by atoms with Crippen molar-refractivity contribution >= 4 is 11.9 Å². The highest BCUT2D eigenvalue weighted by Gasteiger charge is 2.42. The van der Waals surface area contributed by atoms with Gasteiger partial charge in [0.1, 0.15) is 6.04 Å². The summed E-state index contributed by atoms with van der Waals surface area (Å²) in [7, 11) is 0. The van der Waals surface area contributed by atoms with Gasteiger partial charge < -0.3 is 15.5 Å². The van der Waals surface area contributed by atoms with Crippen molar-refractivity contribution in [2.24, 2.45) is 17.8 Å². The van der Waals surface area contributed by atoms with Gasteiger partial charge in [0.05, 0.1) is 6.42 Å². The van der Waals surface area contributed by atoms with Crippen molar-refractivity contribution < 1.29 is 19.8 Å². The van der Waals surface area contributed by atoms with Gasteiger partial charge in [-0.05, 0) is 24.3 Å². The van der Waals surface area contributed by atoms with Gasteiger partial charge in [-0.2, -0.15) is 0 Å². The number of nitrogens with one attached hydrogen (secondary N) is 1. The van der Waals surface area contributed by atoms with E-state index in [0.717, 1.165) is 0 Å². The summed E-state index contributed by atoms with van der Waals surface area (Å²) in [5, 5.41) is 20.6. The summed E-state index contributed by atoms with van der Waals surface area (Å²) in [6.07, 6.45) is -0.0766. The number of rotatable bonds is 4. The van der Waals surface area contributed by atoms with E-state index >= 15 is 0 Å². The molecule has 1 rings (SSSR count). The molecule has 5 nitrogen and oxygen atoms in total. The molecular formula is C10H17NO4. The maximum absolute atomic E-state index is 10.9. The zero-order valence-electron chi connectivity index (χ0n) is 8.93. The van der Waals surface area contributed by atoms with Crippen molar-refractivity contribution in [1.82, 2.24) is 5.32 Å². The van der Waals surface area contributed by atoms with Crippen molar-refractivity contribution in [3.8, 4) is 0 Å². The molecule has 3 atom stereocenters. The molecule has 1 fully saturated rings. The van der Waals surface area contributed by atoms with Crippen LogP contribution in [0.15, 0.2) is 0 Å². The highest BCUT2D eigenvalue weighted by molar-refractivity contribution is 5.76. The first-order valence-electron chi connectivity index (χ1n) is 5.11. The molecule has 0 saturated carbocycles. The molecular weight excluding hydrogens is 198 g/mol. The minimum atomic E-state index is -0.954. The van der Waals surface area contributed by atoms with Gasteiger partial charge >= 0.3 is 11.9 Å². The van der Waals surface area contributed by atoms with Gasteiger partial charge in [0, 0.05) is 0 Å². The third-order valence-corrected chi connectivity index (χ3v) is 3.08. The molecule has 0 radical (unpaired) electrons. The van der Waals surface area contributed by atoms with Crippen molar-refractivity contribution in [2.45, 2.75) is 26.3 Å². The summed E-state index contributed by atoms with van der Waals surface area (Å²) >= 11 is 0. The summed E-state index contributed by atoms with van der Waals surface area (Å²) in [5.74, 6) is -1.77. The van der Waals surface area contributed by atoms with Crippen LogP contribution in [0.4, 0.5) is 0 Å². The fourth-order valence-electron chi connectivity index (χ4n) is 2.28. The summed E-state index contributed by atoms with van der Waals surface area (Å²) < 4.78 is 0. The monoisotopic (exact) mass is 215 g/mol. The van der Waals surface area contributed by atoms with Gasteiger partial charge in [0.2, 0.25) is 0 Å². The van der Waals surface area contributed by atoms with E-state index < -0.39 is 18.0 Å². The second-order valence-electron chi connectivity index (χ2n) is 4.39. The first-order chi connectivity index (χ1) is 6.93. The highest BCUT2D eigenvalue weighted by Crippen LogP contribution is 2.31. The zero-order valence-corrected chi connectivity index (χ0v) is 8.93. The molecule has 0 amide bonds. The van der Waals surface area contributed by atoms with Crippen LogP contribution in [0.3, 0.4) is 0 Å². The Labute approximate surface area is 88.5 Å². The number of aliphatic carboxylic acids is 2. The summed E-state index contributed by atoms with van der Waals surface area (Å²) in [4.78, 5) is 21.6. The Morgan fingerprint density at radius 3 is 2.40 bits per heavy atom. The molecule has 0 aromatic carbocycles. The van der Waals surface area contributed by atoms with Crippen LogP contribution in [0.1, 0.15) is 20.3 Å². The largest absolute Gasteiger partial charge is 0.481 e. The van der Waals surface area contributed by atoms with Crippen LogP contribution in [0.5, 0.6) is 0 Å². The maximum Gasteiger partial charge on any atom is 0.321 e. The lowest BCUT2D eigenvalue weighted by Gasteiger charge is -2.22. The second kappa shape index (κ2) is 4.61. The Hall–Kier alpha value is -1.10. The first kappa shape index (κ1) is 12.0. The minimum absolute atomic E-state index is 0.0766. The van der Waals surface area contributed by atoms with Gasteiger partial charge in [-0.1, -0.05) is 13.8 Å². The standard InChI is InChI=1S/C10H17NO4/c1-5(2)7-4-11-9(10(14)15)6(7)3-8(12)13/h5-7,9,11H,3-4H2,1-2H3,(H,12,13)(H,14,15)/t6-,7-,9-/m1/s1. The third kappa shape index (κ3) is 2.68. The van der Waals surface area contributed by atoms with Gasteiger partial charge in [-0.15, -0.1) is 0 Å². The Balaban J connectivity index is 2.77. The van der Waals surface area contributed by atoms with Crippen LogP contribution >= 0.6 is 0 Å². The topological polar surface area (TPSA) is 86.6 Å². The Morgan fingerprint density at radius 1 is 1.40 bits per heavy atom. The van der Waals surface area contributed by atoms with E-state index in [1.807, 2.05) is 13.8 Å². The van der Waals surface area contributed by atoms with Crippen LogP contribution in [-0.2, 0) is 9.59 Å². The number of hydrogen-bond acceptors (Lipinski definition) is 3. The fraction of sp³-hybridized carbons (Fsp3) is 0.800. The molecule has 0 unspecified atom stereocenters. The average Bonchev–Trinajstić information content (AvgIpc) is 2.46. The van der Waals surface area contributed by atoms with E-state index in [2.05, 4.69) is 5.32 Å². The molecule has 1 heterocycles. The van der Waals surface area contributed by atoms with Crippen molar-refractivity contribution in [2.75, 3.05) is 6.54 Å². The van der Waals surface area contributed by atoms with Gasteiger partial charge in [-0.3, -0.25) is 9.59 Å². The predicted molar refractivity (Wildman–Crippen MR) is 53.5 cm³/mol. The lowest BCUT2D eigenvalue weighted by molar-refractivity contribution is -0.142. The molecule has 1 saturated heterocycles. The van der Waals surface area contributed by atoms with Crippen LogP contribution in [-0.4, -0.2) is 34.7 Å². The SMILES string of the molecule is CC(C)[C@H]1CN[C@@H](C(=O)O)[C@@H]1CC(=O)O. The Morgan fingerprint density at radius 2 is 2.00 bits per heavy atom. The summed E-state index contributed by atoms with van der Waals surface area (Å²) in [6, 6.07) is -0.714. The Kier molecular flexibility index (Phi) is 3.68. The van der Waals surface area contributed by atoms with Crippen molar-refractivity contribution in [3.05, 3.63) is 0 Å². The van der Waals surface area contributed by atoms with Gasteiger partial charge in [0.15, 0.2) is 0 Å². The zero-order chi connectivity index (χ0) is 11.6. The molecule has 5 heteroatoms. The molecule has 0 bridgehead atoms. The van der Waals surface area contributed by atoms with Crippen LogP contribution in [0.25, 0.3) is 0 Å². The highest BCUT2D eigenvalue weighted by atomic mass is 16.4. The molecule has 3 N–H and O–H groups in total. The van der Waals surface area contributed by atoms with Crippen LogP contribution in [0, 0.1) is 17.8 Å². The van der Waals surface area contributed by atoms with Gasteiger partial charge in [0.25, 0.3) is 0 Å². The normalized spacial score (nSPS) is 30.7. The molecule has 1 aliphatic heterocycles. The average molecular weight is 215 g/mol. The van der Waals surface area contributed by atoms with Crippen LogP contribution < -0.4 is 5.32 Å². The minimum Gasteiger partial charge on any atom is -0.481 e. The van der Waals surface area contributed by atoms with Crippen LogP contribution in [0.2, 0.25) is 0 Å². The predicted octanol–water partition coefficient (Wildman–Crippen LogP) is 0.406. The van der Waals surface area contributed by atoms with E-state index in [1.54, 1.807) is 0 Å². The maximum atomic E-state index is 10.9. The number of carboxylic acids is 2. The molecule has 0 spiro atoms. The summed E-state index contributed by atoms with van der Waals surface area (Å²) in [6.45, 7) is 4.57. The third-order valence-electron chi connectivity index (χ3n) is 3.08. The van der Waals surface area contributed by atoms with E-state index in [-0.39, 0.29) is 18.3 Å². The molecule has 1 aliphatic rings. The van der Waals surface area contributed by atoms with Gasteiger partial charge in [-0.25, -0.2) is 0 Å². The van der Waals surface area contributed by atoms with E-state index in [4.69, 9.17) is 10.2 Å². The first-order valence-corrected chi connectivity index (χ1v) is 5.11. The van der Waals surface area contributed by atoms with Crippen molar-refractivity contribution in [1.29, 1.82) is 0 Å². The van der Waals surface area contributed by atoms with E-state index in [0.29, 0.717) is 12.5 Å². The molecule has 0 aromatic rings.